The minimum atomic E-state index is 0.0361. The number of hydrogen-bond acceptors (Lipinski definition) is 3. The molecular formula is C14H20N2O2. The summed E-state index contributed by atoms with van der Waals surface area (Å²) in [6.45, 7) is 1.01. The lowest BCUT2D eigenvalue weighted by molar-refractivity contribution is -0.131. The van der Waals surface area contributed by atoms with Crippen molar-refractivity contribution in [2.45, 2.75) is 31.8 Å². The molecule has 0 atom stereocenters. The Morgan fingerprint density at radius 1 is 1.28 bits per heavy atom. The van der Waals surface area contributed by atoms with E-state index in [9.17, 15) is 4.79 Å². The first-order chi connectivity index (χ1) is 8.74. The van der Waals surface area contributed by atoms with Gasteiger partial charge in [0.05, 0.1) is 13.0 Å². The second kappa shape index (κ2) is 5.98. The number of rotatable bonds is 6. The third-order valence-corrected chi connectivity index (χ3v) is 3.26. The maximum Gasteiger partial charge on any atom is 0.227 e. The summed E-state index contributed by atoms with van der Waals surface area (Å²) in [6.07, 6.45) is 2.54. The van der Waals surface area contributed by atoms with Crippen LogP contribution in [-0.2, 0) is 17.8 Å². The minimum Gasteiger partial charge on any atom is -0.395 e. The van der Waals surface area contributed by atoms with Crippen molar-refractivity contribution in [3.05, 3.63) is 35.4 Å². The summed E-state index contributed by atoms with van der Waals surface area (Å²) in [4.78, 5) is 13.9. The summed E-state index contributed by atoms with van der Waals surface area (Å²) < 4.78 is 0. The van der Waals surface area contributed by atoms with Gasteiger partial charge in [0, 0.05) is 19.1 Å². The summed E-state index contributed by atoms with van der Waals surface area (Å²) in [7, 11) is 0. The van der Waals surface area contributed by atoms with Gasteiger partial charge < -0.3 is 15.7 Å². The first-order valence-corrected chi connectivity index (χ1v) is 6.43. The third kappa shape index (κ3) is 3.31. The number of aliphatic hydroxyl groups is 1. The molecule has 3 N–H and O–H groups in total. The van der Waals surface area contributed by atoms with Crippen LogP contribution in [0.4, 0.5) is 0 Å². The molecule has 0 aliphatic heterocycles. The van der Waals surface area contributed by atoms with E-state index in [4.69, 9.17) is 10.8 Å². The molecule has 1 aliphatic rings. The summed E-state index contributed by atoms with van der Waals surface area (Å²) in [5.74, 6) is 0.104. The van der Waals surface area contributed by atoms with Gasteiger partial charge >= 0.3 is 0 Å². The lowest BCUT2D eigenvalue weighted by Crippen LogP contribution is -2.36. The maximum atomic E-state index is 12.1. The molecule has 4 nitrogen and oxygen atoms in total. The minimum absolute atomic E-state index is 0.0361. The number of carbonyl (C=O) groups excluding carboxylic acids is 1. The lowest BCUT2D eigenvalue weighted by atomic mass is 10.1. The van der Waals surface area contributed by atoms with Gasteiger partial charge in [-0.1, -0.05) is 24.3 Å². The van der Waals surface area contributed by atoms with Crippen LogP contribution < -0.4 is 5.73 Å². The van der Waals surface area contributed by atoms with Crippen LogP contribution in [0.5, 0.6) is 0 Å². The number of hydrogen-bond donors (Lipinski definition) is 2. The zero-order valence-electron chi connectivity index (χ0n) is 10.5. The zero-order chi connectivity index (χ0) is 13.0. The first-order valence-electron chi connectivity index (χ1n) is 6.43. The summed E-state index contributed by atoms with van der Waals surface area (Å²) in [6, 6.07) is 8.16. The van der Waals surface area contributed by atoms with Crippen LogP contribution in [0.2, 0.25) is 0 Å². The van der Waals surface area contributed by atoms with Gasteiger partial charge in [-0.05, 0) is 24.0 Å². The van der Waals surface area contributed by atoms with Crippen LogP contribution in [0.25, 0.3) is 0 Å². The van der Waals surface area contributed by atoms with E-state index in [1.54, 1.807) is 4.90 Å². The van der Waals surface area contributed by atoms with E-state index in [0.29, 0.717) is 25.6 Å². The Labute approximate surface area is 107 Å². The molecular weight excluding hydrogens is 228 g/mol. The number of aliphatic hydroxyl groups excluding tert-OH is 1. The van der Waals surface area contributed by atoms with Crippen molar-refractivity contribution >= 4 is 5.91 Å². The quantitative estimate of drug-likeness (QED) is 0.777. The molecule has 0 aromatic heterocycles. The number of nitrogens with zero attached hydrogens (tertiary/aromatic N) is 1. The van der Waals surface area contributed by atoms with E-state index in [0.717, 1.165) is 24.0 Å². The van der Waals surface area contributed by atoms with E-state index in [1.807, 2.05) is 24.3 Å². The fourth-order valence-electron chi connectivity index (χ4n) is 2.07. The van der Waals surface area contributed by atoms with Crippen molar-refractivity contribution in [3.8, 4) is 0 Å². The number of carbonyl (C=O) groups is 1. The average Bonchev–Trinajstić information content (AvgIpc) is 3.21. The van der Waals surface area contributed by atoms with Crippen molar-refractivity contribution < 1.29 is 9.90 Å². The first kappa shape index (κ1) is 13.1. The molecule has 1 aliphatic carbocycles. The van der Waals surface area contributed by atoms with Crippen molar-refractivity contribution in [1.29, 1.82) is 0 Å². The largest absolute Gasteiger partial charge is 0.395 e. The van der Waals surface area contributed by atoms with Gasteiger partial charge in [0.25, 0.3) is 0 Å². The van der Waals surface area contributed by atoms with E-state index >= 15 is 0 Å². The average molecular weight is 248 g/mol. The highest BCUT2D eigenvalue weighted by molar-refractivity contribution is 5.79. The zero-order valence-corrected chi connectivity index (χ0v) is 10.5. The Morgan fingerprint density at radius 3 is 2.39 bits per heavy atom. The molecule has 18 heavy (non-hydrogen) atoms. The lowest BCUT2D eigenvalue weighted by Gasteiger charge is -2.21. The van der Waals surface area contributed by atoms with Crippen LogP contribution in [0.15, 0.2) is 24.3 Å². The second-order valence-corrected chi connectivity index (χ2v) is 4.74. The van der Waals surface area contributed by atoms with E-state index in [1.165, 1.54) is 0 Å². The molecule has 0 heterocycles. The van der Waals surface area contributed by atoms with Crippen molar-refractivity contribution in [2.75, 3.05) is 13.2 Å². The second-order valence-electron chi connectivity index (χ2n) is 4.74. The SMILES string of the molecule is NCc1ccc(CC(=O)N(CCO)C2CC2)cc1. The highest BCUT2D eigenvalue weighted by atomic mass is 16.3. The van der Waals surface area contributed by atoms with Gasteiger partial charge in [-0.15, -0.1) is 0 Å². The summed E-state index contributed by atoms with van der Waals surface area (Å²) >= 11 is 0. The number of nitrogens with two attached hydrogens (primary N) is 1. The molecule has 0 radical (unpaired) electrons. The molecule has 1 saturated carbocycles. The van der Waals surface area contributed by atoms with Gasteiger partial charge in [0.1, 0.15) is 0 Å². The molecule has 0 saturated heterocycles. The third-order valence-electron chi connectivity index (χ3n) is 3.26. The highest BCUT2D eigenvalue weighted by Gasteiger charge is 2.31. The normalized spacial score (nSPS) is 14.6. The van der Waals surface area contributed by atoms with Crippen molar-refractivity contribution in [1.82, 2.24) is 4.90 Å². The van der Waals surface area contributed by atoms with E-state index < -0.39 is 0 Å². The molecule has 1 aromatic rings. The number of benzene rings is 1. The molecule has 98 valence electrons. The molecule has 0 bridgehead atoms. The van der Waals surface area contributed by atoms with Crippen LogP contribution >= 0.6 is 0 Å². The monoisotopic (exact) mass is 248 g/mol. The Balaban J connectivity index is 1.95. The smallest absolute Gasteiger partial charge is 0.227 e. The Kier molecular flexibility index (Phi) is 4.33. The molecule has 0 spiro atoms. The van der Waals surface area contributed by atoms with E-state index in [-0.39, 0.29) is 12.5 Å². The maximum absolute atomic E-state index is 12.1. The van der Waals surface area contributed by atoms with Crippen molar-refractivity contribution in [2.24, 2.45) is 5.73 Å². The standard InChI is InChI=1S/C14H20N2O2/c15-10-12-3-1-11(2-4-12)9-14(18)16(7-8-17)13-5-6-13/h1-4,13,17H,5-10,15H2. The molecule has 1 fully saturated rings. The van der Waals surface area contributed by atoms with Gasteiger partial charge in [0.15, 0.2) is 0 Å². The highest BCUT2D eigenvalue weighted by Crippen LogP contribution is 2.27. The fourth-order valence-corrected chi connectivity index (χ4v) is 2.07. The van der Waals surface area contributed by atoms with E-state index in [2.05, 4.69) is 0 Å². The number of amides is 1. The fraction of sp³-hybridized carbons (Fsp3) is 0.500. The Morgan fingerprint density at radius 2 is 1.89 bits per heavy atom. The Bertz CT molecular complexity index is 399. The van der Waals surface area contributed by atoms with Crippen LogP contribution in [-0.4, -0.2) is 35.1 Å². The van der Waals surface area contributed by atoms with Crippen LogP contribution in [0.1, 0.15) is 24.0 Å². The van der Waals surface area contributed by atoms with Crippen LogP contribution in [0.3, 0.4) is 0 Å². The van der Waals surface area contributed by atoms with Gasteiger partial charge in [-0.25, -0.2) is 0 Å². The van der Waals surface area contributed by atoms with Gasteiger partial charge in [0.2, 0.25) is 5.91 Å². The van der Waals surface area contributed by atoms with Gasteiger partial charge in [-0.2, -0.15) is 0 Å². The molecule has 4 heteroatoms. The summed E-state index contributed by atoms with van der Waals surface area (Å²) in [5.41, 5.74) is 7.60. The topological polar surface area (TPSA) is 66.6 Å². The molecule has 1 aromatic carbocycles. The molecule has 1 amide bonds. The Hall–Kier alpha value is -1.39. The predicted octanol–water partition coefficient (Wildman–Crippen LogP) is 0.671. The molecule has 2 rings (SSSR count). The van der Waals surface area contributed by atoms with Crippen LogP contribution in [0, 0.1) is 0 Å². The molecule has 0 unspecified atom stereocenters. The van der Waals surface area contributed by atoms with Crippen molar-refractivity contribution in [3.63, 3.8) is 0 Å². The van der Waals surface area contributed by atoms with Gasteiger partial charge in [-0.3, -0.25) is 4.79 Å². The predicted molar refractivity (Wildman–Crippen MR) is 69.9 cm³/mol. The summed E-state index contributed by atoms with van der Waals surface area (Å²) in [5, 5.41) is 8.99.